The third-order valence-electron chi connectivity index (χ3n) is 4.57. The van der Waals surface area contributed by atoms with Crippen LogP contribution >= 0.6 is 0 Å². The van der Waals surface area contributed by atoms with Gasteiger partial charge in [-0.05, 0) is 44.0 Å². The summed E-state index contributed by atoms with van der Waals surface area (Å²) >= 11 is 0. The van der Waals surface area contributed by atoms with Crippen LogP contribution in [0.1, 0.15) is 31.4 Å². The fraction of sp³-hybridized carbons (Fsp3) is 0.600. The Balaban J connectivity index is 1.85. The molecule has 3 rings (SSSR count). The first-order valence-corrected chi connectivity index (χ1v) is 9.02. The fourth-order valence-corrected chi connectivity index (χ4v) is 4.81. The average Bonchev–Trinajstić information content (AvgIpc) is 2.94. The van der Waals surface area contributed by atoms with Gasteiger partial charge in [0.2, 0.25) is 10.0 Å². The van der Waals surface area contributed by atoms with Gasteiger partial charge in [0.05, 0.1) is 4.90 Å². The predicted molar refractivity (Wildman–Crippen MR) is 82.4 cm³/mol. The van der Waals surface area contributed by atoms with Gasteiger partial charge in [-0.2, -0.15) is 4.31 Å². The largest absolute Gasteiger partial charge is 0.324 e. The van der Waals surface area contributed by atoms with Gasteiger partial charge in [-0.15, -0.1) is 0 Å². The van der Waals surface area contributed by atoms with E-state index in [1.807, 2.05) is 13.0 Å². The lowest BCUT2D eigenvalue weighted by Crippen LogP contribution is -2.51. The molecule has 116 valence electrons. The van der Waals surface area contributed by atoms with E-state index in [0.717, 1.165) is 25.1 Å². The van der Waals surface area contributed by atoms with Crippen LogP contribution in [0, 0.1) is 0 Å². The Hall–Kier alpha value is -0.950. The number of nitrogens with zero attached hydrogens (tertiary/aromatic N) is 2. The van der Waals surface area contributed by atoms with E-state index in [4.69, 9.17) is 5.73 Å². The van der Waals surface area contributed by atoms with Crippen molar-refractivity contribution < 1.29 is 8.42 Å². The normalized spacial score (nSPS) is 25.7. The summed E-state index contributed by atoms with van der Waals surface area (Å²) in [4.78, 5) is 2.77. The molecule has 2 aliphatic rings. The van der Waals surface area contributed by atoms with Crippen LogP contribution in [0.25, 0.3) is 0 Å². The minimum Gasteiger partial charge on any atom is -0.324 e. The summed E-state index contributed by atoms with van der Waals surface area (Å²) in [6.07, 6.45) is 2.28. The summed E-state index contributed by atoms with van der Waals surface area (Å²) in [6.45, 7) is 5.02. The van der Waals surface area contributed by atoms with Crippen molar-refractivity contribution in [1.29, 1.82) is 0 Å². The van der Waals surface area contributed by atoms with Crippen molar-refractivity contribution in [3.63, 3.8) is 0 Å². The number of sulfonamides is 1. The zero-order valence-electron chi connectivity index (χ0n) is 12.4. The second-order valence-electron chi connectivity index (χ2n) is 6.06. The van der Waals surface area contributed by atoms with E-state index in [1.54, 1.807) is 22.5 Å². The maximum Gasteiger partial charge on any atom is 0.243 e. The highest BCUT2D eigenvalue weighted by Crippen LogP contribution is 2.26. The van der Waals surface area contributed by atoms with Gasteiger partial charge < -0.3 is 5.73 Å². The minimum absolute atomic E-state index is 0.160. The van der Waals surface area contributed by atoms with Crippen molar-refractivity contribution in [2.75, 3.05) is 26.2 Å². The van der Waals surface area contributed by atoms with Gasteiger partial charge in [0.15, 0.2) is 0 Å². The van der Waals surface area contributed by atoms with Gasteiger partial charge in [0.25, 0.3) is 0 Å². The molecule has 0 amide bonds. The van der Waals surface area contributed by atoms with Crippen LogP contribution in [0.4, 0.5) is 0 Å². The second-order valence-corrected chi connectivity index (χ2v) is 7.99. The van der Waals surface area contributed by atoms with Gasteiger partial charge in [0, 0.05) is 31.7 Å². The van der Waals surface area contributed by atoms with E-state index in [9.17, 15) is 8.42 Å². The van der Waals surface area contributed by atoms with E-state index in [1.165, 1.54) is 6.42 Å². The molecular weight excluding hydrogens is 286 g/mol. The minimum atomic E-state index is -3.41. The molecule has 2 fully saturated rings. The highest BCUT2D eigenvalue weighted by Gasteiger charge is 2.36. The van der Waals surface area contributed by atoms with E-state index in [2.05, 4.69) is 4.90 Å². The molecule has 1 aromatic carbocycles. The van der Waals surface area contributed by atoms with E-state index in [0.29, 0.717) is 24.0 Å². The lowest BCUT2D eigenvalue weighted by molar-refractivity contribution is 0.158. The number of nitrogens with two attached hydrogens (primary N) is 1. The molecule has 2 N–H and O–H groups in total. The summed E-state index contributed by atoms with van der Waals surface area (Å²) in [5.41, 5.74) is 6.72. The molecule has 0 radical (unpaired) electrons. The maximum absolute atomic E-state index is 12.8. The molecule has 2 saturated heterocycles. The molecule has 2 unspecified atom stereocenters. The van der Waals surface area contributed by atoms with E-state index >= 15 is 0 Å². The number of hydrogen-bond donors (Lipinski definition) is 1. The van der Waals surface area contributed by atoms with Crippen molar-refractivity contribution in [3.8, 4) is 0 Å². The van der Waals surface area contributed by atoms with E-state index < -0.39 is 10.0 Å². The SMILES string of the molecule is CC(N)c1cccc(S(=O)(=O)N2CCN3CCCC3C2)c1. The standard InChI is InChI=1S/C15H23N3O2S/c1-12(16)13-4-2-6-15(10-13)21(19,20)18-9-8-17-7-3-5-14(17)11-18/h2,4,6,10,12,14H,3,5,7-9,11,16H2,1H3. The van der Waals surface area contributed by atoms with Crippen LogP contribution in [0.5, 0.6) is 0 Å². The highest BCUT2D eigenvalue weighted by atomic mass is 32.2. The third-order valence-corrected chi connectivity index (χ3v) is 6.43. The lowest BCUT2D eigenvalue weighted by Gasteiger charge is -2.36. The molecule has 2 atom stereocenters. The van der Waals surface area contributed by atoms with Gasteiger partial charge >= 0.3 is 0 Å². The van der Waals surface area contributed by atoms with Gasteiger partial charge in [-0.3, -0.25) is 4.90 Å². The average molecular weight is 309 g/mol. The van der Waals surface area contributed by atoms with Crippen molar-refractivity contribution in [3.05, 3.63) is 29.8 Å². The van der Waals surface area contributed by atoms with Crippen molar-refractivity contribution in [2.24, 2.45) is 5.73 Å². The number of benzene rings is 1. The van der Waals surface area contributed by atoms with Gasteiger partial charge in [0.1, 0.15) is 0 Å². The molecule has 2 heterocycles. The maximum atomic E-state index is 12.8. The summed E-state index contributed by atoms with van der Waals surface area (Å²) in [7, 11) is -3.41. The summed E-state index contributed by atoms with van der Waals surface area (Å²) in [6, 6.07) is 7.26. The quantitative estimate of drug-likeness (QED) is 0.910. The molecule has 6 heteroatoms. The first kappa shape index (κ1) is 15.0. The van der Waals surface area contributed by atoms with Crippen molar-refractivity contribution in [1.82, 2.24) is 9.21 Å². The monoisotopic (exact) mass is 309 g/mol. The summed E-state index contributed by atoms with van der Waals surface area (Å²) in [5.74, 6) is 0. The highest BCUT2D eigenvalue weighted by molar-refractivity contribution is 7.89. The third kappa shape index (κ3) is 2.85. The number of rotatable bonds is 3. The summed E-state index contributed by atoms with van der Waals surface area (Å²) in [5, 5.41) is 0. The molecular formula is C15H23N3O2S. The Morgan fingerprint density at radius 3 is 2.86 bits per heavy atom. The molecule has 0 bridgehead atoms. The second kappa shape index (κ2) is 5.68. The van der Waals surface area contributed by atoms with Crippen LogP contribution in [0.2, 0.25) is 0 Å². The van der Waals surface area contributed by atoms with Gasteiger partial charge in [-0.1, -0.05) is 12.1 Å². The number of piperazine rings is 1. The Bertz CT molecular complexity index is 615. The van der Waals surface area contributed by atoms with E-state index in [-0.39, 0.29) is 6.04 Å². The molecule has 21 heavy (non-hydrogen) atoms. The zero-order chi connectivity index (χ0) is 15.0. The molecule has 0 aromatic heterocycles. The smallest absolute Gasteiger partial charge is 0.243 e. The van der Waals surface area contributed by atoms with Crippen LogP contribution in [0.3, 0.4) is 0 Å². The number of hydrogen-bond acceptors (Lipinski definition) is 4. The van der Waals surface area contributed by atoms with Crippen LogP contribution < -0.4 is 5.73 Å². The topological polar surface area (TPSA) is 66.6 Å². The Morgan fingerprint density at radius 2 is 2.10 bits per heavy atom. The molecule has 0 aliphatic carbocycles. The molecule has 0 saturated carbocycles. The van der Waals surface area contributed by atoms with Crippen LogP contribution in [-0.4, -0.2) is 49.8 Å². The predicted octanol–water partition coefficient (Wildman–Crippen LogP) is 1.18. The van der Waals surface area contributed by atoms with Crippen molar-refractivity contribution in [2.45, 2.75) is 36.7 Å². The Morgan fingerprint density at radius 1 is 1.29 bits per heavy atom. The molecule has 5 nitrogen and oxygen atoms in total. The first-order valence-electron chi connectivity index (χ1n) is 7.58. The lowest BCUT2D eigenvalue weighted by atomic mass is 10.1. The Labute approximate surface area is 126 Å². The number of fused-ring (bicyclic) bond motifs is 1. The molecule has 0 spiro atoms. The van der Waals surface area contributed by atoms with Crippen molar-refractivity contribution >= 4 is 10.0 Å². The summed E-state index contributed by atoms with van der Waals surface area (Å²) < 4.78 is 27.3. The fourth-order valence-electron chi connectivity index (χ4n) is 3.29. The van der Waals surface area contributed by atoms with Crippen LogP contribution in [-0.2, 0) is 10.0 Å². The molecule has 1 aromatic rings. The van der Waals surface area contributed by atoms with Crippen LogP contribution in [0.15, 0.2) is 29.2 Å². The molecule has 2 aliphatic heterocycles. The Kier molecular flexibility index (Phi) is 4.05. The zero-order valence-corrected chi connectivity index (χ0v) is 13.2. The first-order chi connectivity index (χ1) is 9.98. The van der Waals surface area contributed by atoms with Gasteiger partial charge in [-0.25, -0.2) is 8.42 Å².